The van der Waals surface area contributed by atoms with Crippen LogP contribution in [0, 0.1) is 5.92 Å². The van der Waals surface area contributed by atoms with Crippen molar-refractivity contribution in [1.82, 2.24) is 0 Å². The summed E-state index contributed by atoms with van der Waals surface area (Å²) in [6.07, 6.45) is 4.64. The van der Waals surface area contributed by atoms with Crippen molar-refractivity contribution in [2.75, 3.05) is 0 Å². The maximum Gasteiger partial charge on any atom is 0.0806 e. The number of hydrogen-bond donors (Lipinski definition) is 1. The topological polar surface area (TPSA) is 20.2 Å². The lowest BCUT2D eigenvalue weighted by Crippen LogP contribution is -2.14. The van der Waals surface area contributed by atoms with Crippen molar-refractivity contribution in [3.05, 3.63) is 35.2 Å². The Morgan fingerprint density at radius 3 is 2.88 bits per heavy atom. The van der Waals surface area contributed by atoms with Gasteiger partial charge in [-0.15, -0.1) is 11.3 Å². The molecule has 2 heteroatoms. The van der Waals surface area contributed by atoms with Gasteiger partial charge in [0.25, 0.3) is 0 Å². The average Bonchev–Trinajstić information content (AvgIpc) is 2.67. The van der Waals surface area contributed by atoms with Crippen LogP contribution in [0.4, 0.5) is 0 Å². The molecule has 1 aliphatic rings. The molecule has 0 spiro atoms. The molecule has 1 N–H and O–H groups in total. The van der Waals surface area contributed by atoms with Gasteiger partial charge in [-0.1, -0.05) is 37.5 Å². The van der Waals surface area contributed by atoms with E-state index >= 15 is 0 Å². The van der Waals surface area contributed by atoms with Crippen molar-refractivity contribution in [3.63, 3.8) is 0 Å². The Morgan fingerprint density at radius 2 is 2.12 bits per heavy atom. The van der Waals surface area contributed by atoms with Gasteiger partial charge in [0.1, 0.15) is 0 Å². The van der Waals surface area contributed by atoms with Gasteiger partial charge in [0, 0.05) is 4.70 Å². The number of benzene rings is 1. The van der Waals surface area contributed by atoms with Gasteiger partial charge >= 0.3 is 0 Å². The largest absolute Gasteiger partial charge is 0.388 e. The van der Waals surface area contributed by atoms with E-state index in [4.69, 9.17) is 0 Å². The first kappa shape index (κ1) is 10.3. The minimum Gasteiger partial charge on any atom is -0.388 e. The van der Waals surface area contributed by atoms with Crippen molar-refractivity contribution in [2.45, 2.75) is 31.8 Å². The molecule has 1 saturated carbocycles. The van der Waals surface area contributed by atoms with Crippen molar-refractivity contribution >= 4 is 21.4 Å². The second-order valence-corrected chi connectivity index (χ2v) is 5.65. The highest BCUT2D eigenvalue weighted by Gasteiger charge is 2.23. The van der Waals surface area contributed by atoms with Crippen LogP contribution >= 0.6 is 11.3 Å². The number of aliphatic hydroxyl groups is 1. The molecule has 1 unspecified atom stereocenters. The molecule has 1 fully saturated rings. The van der Waals surface area contributed by atoms with Crippen molar-refractivity contribution < 1.29 is 5.11 Å². The highest BCUT2D eigenvalue weighted by atomic mass is 32.1. The fourth-order valence-electron chi connectivity index (χ4n) is 2.43. The monoisotopic (exact) mass is 232 g/mol. The van der Waals surface area contributed by atoms with Crippen LogP contribution in [0.5, 0.6) is 0 Å². The lowest BCUT2D eigenvalue weighted by molar-refractivity contribution is 0.120. The quantitative estimate of drug-likeness (QED) is 0.843. The number of rotatable bonds is 3. The van der Waals surface area contributed by atoms with E-state index in [-0.39, 0.29) is 6.10 Å². The summed E-state index contributed by atoms with van der Waals surface area (Å²) in [5.74, 6) is 0.758. The summed E-state index contributed by atoms with van der Waals surface area (Å²) in [6.45, 7) is 0. The van der Waals surface area contributed by atoms with E-state index in [1.165, 1.54) is 29.3 Å². The molecule has 0 saturated heterocycles. The van der Waals surface area contributed by atoms with Crippen molar-refractivity contribution in [2.24, 2.45) is 5.92 Å². The van der Waals surface area contributed by atoms with Crippen molar-refractivity contribution in [3.8, 4) is 0 Å². The van der Waals surface area contributed by atoms with Gasteiger partial charge in [0.2, 0.25) is 0 Å². The van der Waals surface area contributed by atoms with Crippen LogP contribution in [-0.4, -0.2) is 5.11 Å². The molecule has 1 atom stereocenters. The first-order chi connectivity index (χ1) is 7.84. The van der Waals surface area contributed by atoms with Gasteiger partial charge in [-0.05, 0) is 34.7 Å². The Bertz CT molecular complexity index is 484. The zero-order chi connectivity index (χ0) is 11.0. The summed E-state index contributed by atoms with van der Waals surface area (Å²) in [5, 5.41) is 13.6. The molecule has 0 amide bonds. The first-order valence-electron chi connectivity index (χ1n) is 5.99. The fourth-order valence-corrected chi connectivity index (χ4v) is 3.44. The maximum atomic E-state index is 10.2. The van der Waals surface area contributed by atoms with E-state index in [0.29, 0.717) is 0 Å². The summed E-state index contributed by atoms with van der Waals surface area (Å²) in [6, 6.07) is 8.35. The minimum absolute atomic E-state index is 0.263. The summed E-state index contributed by atoms with van der Waals surface area (Å²) < 4.78 is 1.28. The summed E-state index contributed by atoms with van der Waals surface area (Å²) in [4.78, 5) is 0. The van der Waals surface area contributed by atoms with Gasteiger partial charge in [-0.2, -0.15) is 0 Å². The van der Waals surface area contributed by atoms with Crippen LogP contribution < -0.4 is 0 Å². The zero-order valence-corrected chi connectivity index (χ0v) is 10.0. The Balaban J connectivity index is 1.86. The molecular weight excluding hydrogens is 216 g/mol. The normalized spacial score (nSPS) is 18.6. The highest BCUT2D eigenvalue weighted by molar-refractivity contribution is 7.17. The summed E-state index contributed by atoms with van der Waals surface area (Å²) >= 11 is 1.73. The average molecular weight is 232 g/mol. The third-order valence-electron chi connectivity index (χ3n) is 3.65. The van der Waals surface area contributed by atoms with Crippen LogP contribution in [0.3, 0.4) is 0 Å². The van der Waals surface area contributed by atoms with Gasteiger partial charge in [-0.3, -0.25) is 0 Å². The third kappa shape index (κ3) is 1.76. The Morgan fingerprint density at radius 1 is 1.31 bits per heavy atom. The number of thiophene rings is 1. The molecule has 16 heavy (non-hydrogen) atoms. The molecule has 1 aromatic heterocycles. The second-order valence-electron chi connectivity index (χ2n) is 4.74. The predicted molar refractivity (Wildman–Crippen MR) is 68.7 cm³/mol. The van der Waals surface area contributed by atoms with Gasteiger partial charge in [-0.25, -0.2) is 0 Å². The predicted octanol–water partition coefficient (Wildman–Crippen LogP) is 4.12. The van der Waals surface area contributed by atoms with Crippen LogP contribution in [0.1, 0.15) is 37.4 Å². The molecule has 1 heterocycles. The minimum atomic E-state index is -0.263. The smallest absolute Gasteiger partial charge is 0.0806 e. The molecule has 2 aromatic rings. The molecule has 84 valence electrons. The van der Waals surface area contributed by atoms with Crippen LogP contribution in [-0.2, 0) is 0 Å². The summed E-state index contributed by atoms with van der Waals surface area (Å²) in [5.41, 5.74) is 1.13. The molecule has 0 aliphatic heterocycles. The molecule has 3 rings (SSSR count). The van der Waals surface area contributed by atoms with Gasteiger partial charge in [0.15, 0.2) is 0 Å². The molecule has 1 aromatic carbocycles. The molecule has 0 radical (unpaired) electrons. The van der Waals surface area contributed by atoms with E-state index in [0.717, 1.165) is 17.9 Å². The molecule has 1 aliphatic carbocycles. The Labute approximate surface area is 99.7 Å². The first-order valence-corrected chi connectivity index (χ1v) is 6.87. The van der Waals surface area contributed by atoms with Gasteiger partial charge in [0.05, 0.1) is 6.10 Å². The number of fused-ring (bicyclic) bond motifs is 1. The molecular formula is C14H16OS. The maximum absolute atomic E-state index is 10.2. The van der Waals surface area contributed by atoms with Crippen LogP contribution in [0.2, 0.25) is 0 Å². The van der Waals surface area contributed by atoms with Gasteiger partial charge < -0.3 is 5.11 Å². The SMILES string of the molecule is OC(CC1CCC1)c1csc2ccccc12. The van der Waals surface area contributed by atoms with E-state index in [2.05, 4.69) is 29.6 Å². The van der Waals surface area contributed by atoms with E-state index in [9.17, 15) is 5.11 Å². The van der Waals surface area contributed by atoms with E-state index < -0.39 is 0 Å². The molecule has 0 bridgehead atoms. The Kier molecular flexibility index (Phi) is 2.70. The highest BCUT2D eigenvalue weighted by Crippen LogP contribution is 2.38. The van der Waals surface area contributed by atoms with Crippen LogP contribution in [0.25, 0.3) is 10.1 Å². The standard InChI is InChI=1S/C14H16OS/c15-13(8-10-4-3-5-10)12-9-16-14-7-2-1-6-11(12)14/h1-2,6-7,9-10,13,15H,3-5,8H2. The second kappa shape index (κ2) is 4.19. The van der Waals surface area contributed by atoms with Crippen LogP contribution in [0.15, 0.2) is 29.6 Å². The lowest BCUT2D eigenvalue weighted by Gasteiger charge is -2.27. The molecule has 1 nitrogen and oxygen atoms in total. The van der Waals surface area contributed by atoms with E-state index in [1.54, 1.807) is 11.3 Å². The zero-order valence-electron chi connectivity index (χ0n) is 9.23. The number of hydrogen-bond acceptors (Lipinski definition) is 2. The van der Waals surface area contributed by atoms with E-state index in [1.807, 2.05) is 0 Å². The fraction of sp³-hybridized carbons (Fsp3) is 0.429. The lowest BCUT2D eigenvalue weighted by atomic mass is 9.80. The third-order valence-corrected chi connectivity index (χ3v) is 4.63. The Hall–Kier alpha value is -0.860. The summed E-state index contributed by atoms with van der Waals surface area (Å²) in [7, 11) is 0. The van der Waals surface area contributed by atoms with Crippen molar-refractivity contribution in [1.29, 1.82) is 0 Å². The number of aliphatic hydroxyl groups excluding tert-OH is 1.